The molecule has 0 saturated carbocycles. The van der Waals surface area contributed by atoms with Gasteiger partial charge in [-0.15, -0.1) is 0 Å². The van der Waals surface area contributed by atoms with Gasteiger partial charge in [0.05, 0.1) is 17.0 Å². The highest BCUT2D eigenvalue weighted by atomic mass is 16.5. The number of pyridine rings is 1. The van der Waals surface area contributed by atoms with Gasteiger partial charge in [-0.3, -0.25) is 9.78 Å². The molecule has 0 aliphatic carbocycles. The quantitative estimate of drug-likeness (QED) is 0.803. The number of carbonyl (C=O) groups excluding carboxylic acids is 1. The third-order valence-corrected chi connectivity index (χ3v) is 4.78. The summed E-state index contributed by atoms with van der Waals surface area (Å²) in [5, 5.41) is 7.20. The molecule has 1 aliphatic rings. The number of rotatable bonds is 7. The fourth-order valence-corrected chi connectivity index (χ4v) is 3.08. The van der Waals surface area contributed by atoms with Gasteiger partial charge in [-0.25, -0.2) is 0 Å². The Morgan fingerprint density at radius 2 is 2.11 bits per heavy atom. The molecule has 0 radical (unpaired) electrons. The molecule has 0 bridgehead atoms. The van der Waals surface area contributed by atoms with Crippen LogP contribution in [0.2, 0.25) is 0 Å². The summed E-state index contributed by atoms with van der Waals surface area (Å²) in [7, 11) is 0. The van der Waals surface area contributed by atoms with Crippen molar-refractivity contribution in [1.82, 2.24) is 15.5 Å². The molecule has 2 aromatic rings. The number of amides is 1. The van der Waals surface area contributed by atoms with Crippen LogP contribution in [0.25, 0.3) is 12.2 Å². The lowest BCUT2D eigenvalue weighted by Gasteiger charge is -2.23. The Labute approximate surface area is 160 Å². The average molecular weight is 369 g/mol. The lowest BCUT2D eigenvalue weighted by atomic mass is 10.1. The number of aromatic nitrogens is 2. The maximum absolute atomic E-state index is 12.3. The van der Waals surface area contributed by atoms with Crippen LogP contribution in [0, 0.1) is 6.92 Å². The molecular weight excluding hydrogens is 342 g/mol. The van der Waals surface area contributed by atoms with E-state index in [1.165, 1.54) is 0 Å². The molecular formula is C21H27N3O3. The number of ether oxygens (including phenoxy) is 1. The molecule has 0 atom stereocenters. The summed E-state index contributed by atoms with van der Waals surface area (Å²) in [4.78, 5) is 16.7. The van der Waals surface area contributed by atoms with Crippen molar-refractivity contribution in [3.63, 3.8) is 0 Å². The van der Waals surface area contributed by atoms with Crippen molar-refractivity contribution >= 4 is 18.1 Å². The Morgan fingerprint density at radius 1 is 1.30 bits per heavy atom. The maximum atomic E-state index is 12.3. The third kappa shape index (κ3) is 5.26. The second-order valence-electron chi connectivity index (χ2n) is 6.87. The van der Waals surface area contributed by atoms with Crippen molar-refractivity contribution in [1.29, 1.82) is 0 Å². The van der Waals surface area contributed by atoms with E-state index in [1.54, 1.807) is 12.3 Å². The van der Waals surface area contributed by atoms with Crippen LogP contribution >= 0.6 is 0 Å². The van der Waals surface area contributed by atoms with Crippen LogP contribution in [-0.4, -0.2) is 35.3 Å². The summed E-state index contributed by atoms with van der Waals surface area (Å²) in [5.74, 6) is 0.728. The number of nitrogens with zero attached hydrogens (tertiary/aromatic N) is 2. The van der Waals surface area contributed by atoms with E-state index >= 15 is 0 Å². The summed E-state index contributed by atoms with van der Waals surface area (Å²) in [6.07, 6.45) is 10.4. The summed E-state index contributed by atoms with van der Waals surface area (Å²) in [6.45, 7) is 5.48. The number of carbonyl (C=O) groups is 1. The SMILES string of the molecule is CCCCc1noc(C)c1/C=C/c1ccc(C(=O)NC2CCOCC2)cn1. The van der Waals surface area contributed by atoms with Crippen LogP contribution < -0.4 is 5.32 Å². The number of aryl methyl sites for hydroxylation is 2. The summed E-state index contributed by atoms with van der Waals surface area (Å²) in [6, 6.07) is 3.84. The van der Waals surface area contributed by atoms with Crippen molar-refractivity contribution < 1.29 is 14.1 Å². The van der Waals surface area contributed by atoms with Crippen LogP contribution in [-0.2, 0) is 11.2 Å². The fourth-order valence-electron chi connectivity index (χ4n) is 3.08. The van der Waals surface area contributed by atoms with Crippen LogP contribution in [0.5, 0.6) is 0 Å². The minimum Gasteiger partial charge on any atom is -0.381 e. The Morgan fingerprint density at radius 3 is 2.81 bits per heavy atom. The Kier molecular flexibility index (Phi) is 6.76. The first kappa shape index (κ1) is 19.3. The zero-order valence-electron chi connectivity index (χ0n) is 16.0. The minimum absolute atomic E-state index is 0.0818. The summed E-state index contributed by atoms with van der Waals surface area (Å²) in [5.41, 5.74) is 3.37. The van der Waals surface area contributed by atoms with Crippen molar-refractivity contribution in [3.05, 3.63) is 46.6 Å². The van der Waals surface area contributed by atoms with E-state index in [0.29, 0.717) is 18.8 Å². The summed E-state index contributed by atoms with van der Waals surface area (Å²) < 4.78 is 10.6. The molecule has 0 spiro atoms. The highest BCUT2D eigenvalue weighted by Gasteiger charge is 2.17. The Bertz CT molecular complexity index is 774. The van der Waals surface area contributed by atoms with Crippen molar-refractivity contribution in [2.45, 2.75) is 52.0 Å². The molecule has 1 amide bonds. The van der Waals surface area contributed by atoms with Crippen LogP contribution in [0.1, 0.15) is 65.7 Å². The number of unbranched alkanes of at least 4 members (excludes halogenated alkanes) is 1. The van der Waals surface area contributed by atoms with E-state index in [-0.39, 0.29) is 11.9 Å². The maximum Gasteiger partial charge on any atom is 0.253 e. The Hall–Kier alpha value is -2.47. The predicted octanol–water partition coefficient (Wildman–Crippen LogP) is 3.80. The second kappa shape index (κ2) is 9.46. The minimum atomic E-state index is -0.0818. The van der Waals surface area contributed by atoms with Crippen molar-refractivity contribution in [3.8, 4) is 0 Å². The van der Waals surface area contributed by atoms with Gasteiger partial charge in [0.15, 0.2) is 0 Å². The monoisotopic (exact) mass is 369 g/mol. The molecule has 3 heterocycles. The topological polar surface area (TPSA) is 77.2 Å². The van der Waals surface area contributed by atoms with Gasteiger partial charge in [-0.05, 0) is 56.9 Å². The highest BCUT2D eigenvalue weighted by molar-refractivity contribution is 5.94. The molecule has 0 aromatic carbocycles. The van der Waals surface area contributed by atoms with Gasteiger partial charge in [0.1, 0.15) is 5.76 Å². The largest absolute Gasteiger partial charge is 0.381 e. The molecule has 1 fully saturated rings. The first-order valence-corrected chi connectivity index (χ1v) is 9.65. The smallest absolute Gasteiger partial charge is 0.253 e. The zero-order chi connectivity index (χ0) is 19.1. The van der Waals surface area contributed by atoms with Gasteiger partial charge in [0.2, 0.25) is 0 Å². The number of hydrogen-bond donors (Lipinski definition) is 1. The van der Waals surface area contributed by atoms with E-state index in [4.69, 9.17) is 9.26 Å². The van der Waals surface area contributed by atoms with E-state index in [9.17, 15) is 4.79 Å². The van der Waals surface area contributed by atoms with Crippen LogP contribution in [0.4, 0.5) is 0 Å². The third-order valence-electron chi connectivity index (χ3n) is 4.78. The first-order chi connectivity index (χ1) is 13.2. The van der Waals surface area contributed by atoms with Crippen molar-refractivity contribution in [2.24, 2.45) is 0 Å². The first-order valence-electron chi connectivity index (χ1n) is 9.65. The second-order valence-corrected chi connectivity index (χ2v) is 6.87. The number of nitrogens with one attached hydrogen (secondary N) is 1. The lowest BCUT2D eigenvalue weighted by molar-refractivity contribution is 0.0696. The van der Waals surface area contributed by atoms with Gasteiger partial charge in [0.25, 0.3) is 5.91 Å². The van der Waals surface area contributed by atoms with E-state index in [2.05, 4.69) is 22.4 Å². The van der Waals surface area contributed by atoms with Gasteiger partial charge in [-0.1, -0.05) is 18.5 Å². The summed E-state index contributed by atoms with van der Waals surface area (Å²) >= 11 is 0. The average Bonchev–Trinajstić information content (AvgIpc) is 3.05. The Balaban J connectivity index is 1.63. The van der Waals surface area contributed by atoms with Crippen molar-refractivity contribution in [2.75, 3.05) is 13.2 Å². The molecule has 6 heteroatoms. The highest BCUT2D eigenvalue weighted by Crippen LogP contribution is 2.19. The molecule has 3 rings (SSSR count). The van der Waals surface area contributed by atoms with Gasteiger partial charge >= 0.3 is 0 Å². The molecule has 0 unspecified atom stereocenters. The molecule has 1 N–H and O–H groups in total. The van der Waals surface area contributed by atoms with E-state index in [0.717, 1.165) is 54.8 Å². The molecule has 27 heavy (non-hydrogen) atoms. The van der Waals surface area contributed by atoms with Gasteiger partial charge in [0, 0.05) is 31.0 Å². The number of hydrogen-bond acceptors (Lipinski definition) is 5. The lowest BCUT2D eigenvalue weighted by Crippen LogP contribution is -2.38. The molecule has 1 saturated heterocycles. The van der Waals surface area contributed by atoms with Gasteiger partial charge < -0.3 is 14.6 Å². The van der Waals surface area contributed by atoms with Crippen LogP contribution in [0.3, 0.4) is 0 Å². The standard InChI is InChI=1S/C21H27N3O3/c1-3-4-5-20-19(15(2)27-24-20)9-8-17-7-6-16(14-22-17)21(25)23-18-10-12-26-13-11-18/h6-9,14,18H,3-5,10-13H2,1-2H3,(H,23,25)/b9-8+. The normalized spacial score (nSPS) is 15.3. The fraction of sp³-hybridized carbons (Fsp3) is 0.476. The van der Waals surface area contributed by atoms with E-state index < -0.39 is 0 Å². The molecule has 1 aliphatic heterocycles. The van der Waals surface area contributed by atoms with E-state index in [1.807, 2.05) is 25.1 Å². The molecule has 6 nitrogen and oxygen atoms in total. The zero-order valence-corrected chi connectivity index (χ0v) is 16.0. The van der Waals surface area contributed by atoms with Crippen LogP contribution in [0.15, 0.2) is 22.9 Å². The predicted molar refractivity (Wildman–Crippen MR) is 104 cm³/mol. The van der Waals surface area contributed by atoms with Gasteiger partial charge in [-0.2, -0.15) is 0 Å². The molecule has 144 valence electrons. The molecule has 2 aromatic heterocycles.